The largest absolute Gasteiger partial charge is 0.472 e. The Morgan fingerprint density at radius 3 is 1.24 bits per heavy atom. The predicted molar refractivity (Wildman–Crippen MR) is 291 cm³/mol. The first-order chi connectivity index (χ1) is 32.5. The number of likely N-dealkylation sites (N-methyl/N-ethyl adjacent to an activating group) is 1. The van der Waals surface area contributed by atoms with Gasteiger partial charge in [-0.3, -0.25) is 13.8 Å². The summed E-state index contributed by atoms with van der Waals surface area (Å²) in [6.07, 6.45) is 64.6. The fourth-order valence-corrected chi connectivity index (χ4v) is 9.28. The van der Waals surface area contributed by atoms with Gasteiger partial charge in [-0.25, -0.2) is 4.57 Å². The van der Waals surface area contributed by atoms with Crippen molar-refractivity contribution in [2.24, 2.45) is 0 Å². The fourth-order valence-electron chi connectivity index (χ4n) is 8.54. The van der Waals surface area contributed by atoms with E-state index in [4.69, 9.17) is 9.05 Å². The van der Waals surface area contributed by atoms with E-state index < -0.39 is 20.0 Å². The highest BCUT2D eigenvalue weighted by molar-refractivity contribution is 7.47. The van der Waals surface area contributed by atoms with Crippen LogP contribution in [0.2, 0.25) is 0 Å². The van der Waals surface area contributed by atoms with E-state index in [0.29, 0.717) is 17.4 Å². The third-order valence-corrected chi connectivity index (χ3v) is 14.1. The minimum Gasteiger partial charge on any atom is -0.387 e. The number of phosphoric acid groups is 1. The average molecular weight is 967 g/mol. The van der Waals surface area contributed by atoms with Crippen LogP contribution in [0.4, 0.5) is 0 Å². The molecule has 67 heavy (non-hydrogen) atoms. The first-order valence-electron chi connectivity index (χ1n) is 28.9. The molecular weight excluding hydrogens is 852 g/mol. The summed E-state index contributed by atoms with van der Waals surface area (Å²) in [6.45, 7) is 4.74. The molecule has 0 aliphatic rings. The lowest BCUT2D eigenvalue weighted by Gasteiger charge is -2.25. The molecule has 0 aromatic heterocycles. The van der Waals surface area contributed by atoms with Crippen molar-refractivity contribution in [2.45, 2.75) is 289 Å². The summed E-state index contributed by atoms with van der Waals surface area (Å²) in [5, 5.41) is 13.7. The Balaban J connectivity index is 3.69. The summed E-state index contributed by atoms with van der Waals surface area (Å²) in [7, 11) is 1.58. The van der Waals surface area contributed by atoms with Gasteiger partial charge in [-0.15, -0.1) is 0 Å². The van der Waals surface area contributed by atoms with Crippen LogP contribution in [0.1, 0.15) is 277 Å². The van der Waals surface area contributed by atoms with E-state index in [2.05, 4.69) is 43.5 Å². The maximum absolute atomic E-state index is 12.8. The van der Waals surface area contributed by atoms with Gasteiger partial charge in [0.2, 0.25) is 5.91 Å². The second kappa shape index (κ2) is 49.7. The molecule has 0 radical (unpaired) electrons. The maximum Gasteiger partial charge on any atom is 0.472 e. The zero-order valence-electron chi connectivity index (χ0n) is 45.2. The number of amides is 1. The maximum atomic E-state index is 12.8. The summed E-state index contributed by atoms with van der Waals surface area (Å²) in [6, 6.07) is -0.840. The molecule has 0 aliphatic heterocycles. The number of aliphatic hydroxyl groups excluding tert-OH is 1. The number of nitrogens with zero attached hydrogens (tertiary/aromatic N) is 1. The minimum atomic E-state index is -4.33. The van der Waals surface area contributed by atoms with Crippen LogP contribution in [0.25, 0.3) is 0 Å². The molecule has 396 valence electrons. The molecule has 0 saturated carbocycles. The number of unbranched alkanes of at least 4 members (excludes halogenated alkanes) is 36. The van der Waals surface area contributed by atoms with E-state index >= 15 is 0 Å². The van der Waals surface area contributed by atoms with Gasteiger partial charge in [0.05, 0.1) is 39.9 Å². The van der Waals surface area contributed by atoms with Crippen LogP contribution in [-0.4, -0.2) is 73.4 Å². The Kier molecular flexibility index (Phi) is 48.7. The molecule has 0 bridgehead atoms. The van der Waals surface area contributed by atoms with Gasteiger partial charge < -0.3 is 19.8 Å². The first kappa shape index (κ1) is 65.7. The number of quaternary nitrogens is 1. The summed E-state index contributed by atoms with van der Waals surface area (Å²) in [4.78, 5) is 23.0. The number of hydrogen-bond donors (Lipinski definition) is 3. The lowest BCUT2D eigenvalue weighted by molar-refractivity contribution is -0.870. The number of nitrogens with one attached hydrogen (secondary N) is 1. The summed E-state index contributed by atoms with van der Waals surface area (Å²) in [5.41, 5.74) is 0. The van der Waals surface area contributed by atoms with Crippen LogP contribution in [0, 0.1) is 0 Å². The molecule has 0 aliphatic carbocycles. The first-order valence-corrected chi connectivity index (χ1v) is 30.4. The number of phosphoric ester groups is 1. The van der Waals surface area contributed by atoms with Gasteiger partial charge in [-0.05, 0) is 51.4 Å². The molecule has 3 unspecified atom stereocenters. The van der Waals surface area contributed by atoms with E-state index in [1.54, 1.807) is 6.08 Å². The third kappa shape index (κ3) is 52.4. The van der Waals surface area contributed by atoms with Crippen molar-refractivity contribution >= 4 is 13.7 Å². The van der Waals surface area contributed by atoms with Crippen molar-refractivity contribution in [1.29, 1.82) is 0 Å². The number of carbonyl (C=O) groups excluding carboxylic acids is 1. The highest BCUT2D eigenvalue weighted by atomic mass is 31.2. The molecule has 9 heteroatoms. The monoisotopic (exact) mass is 966 g/mol. The lowest BCUT2D eigenvalue weighted by atomic mass is 10.0. The Bertz CT molecular complexity index is 1190. The van der Waals surface area contributed by atoms with Crippen molar-refractivity contribution < 1.29 is 32.9 Å². The topological polar surface area (TPSA) is 105 Å². The lowest BCUT2D eigenvalue weighted by Crippen LogP contribution is -2.45. The molecule has 3 N–H and O–H groups in total. The average Bonchev–Trinajstić information content (AvgIpc) is 3.29. The highest BCUT2D eigenvalue weighted by Gasteiger charge is 2.27. The summed E-state index contributed by atoms with van der Waals surface area (Å²) >= 11 is 0. The summed E-state index contributed by atoms with van der Waals surface area (Å²) < 4.78 is 23.5. The van der Waals surface area contributed by atoms with Gasteiger partial charge >= 0.3 is 7.82 Å². The van der Waals surface area contributed by atoms with Crippen molar-refractivity contribution in [3.8, 4) is 0 Å². The molecule has 0 aromatic carbocycles. The zero-order chi connectivity index (χ0) is 49.2. The van der Waals surface area contributed by atoms with Crippen molar-refractivity contribution in [2.75, 3.05) is 40.9 Å². The smallest absolute Gasteiger partial charge is 0.387 e. The third-order valence-electron chi connectivity index (χ3n) is 13.1. The number of aliphatic hydroxyl groups is 1. The van der Waals surface area contributed by atoms with Gasteiger partial charge in [0.1, 0.15) is 13.2 Å². The van der Waals surface area contributed by atoms with Crippen LogP contribution in [0.15, 0.2) is 36.5 Å². The Hall–Kier alpha value is -1.28. The Morgan fingerprint density at radius 1 is 0.507 bits per heavy atom. The van der Waals surface area contributed by atoms with E-state index in [9.17, 15) is 19.4 Å². The predicted octanol–water partition coefficient (Wildman–Crippen LogP) is 17.4. The summed E-state index contributed by atoms with van der Waals surface area (Å²) in [5.74, 6) is -0.178. The van der Waals surface area contributed by atoms with Crippen LogP contribution in [-0.2, 0) is 18.4 Å². The number of carbonyl (C=O) groups is 1. The van der Waals surface area contributed by atoms with Crippen LogP contribution >= 0.6 is 7.82 Å². The van der Waals surface area contributed by atoms with Crippen molar-refractivity contribution in [3.05, 3.63) is 36.5 Å². The molecule has 0 aromatic rings. The molecule has 0 fully saturated rings. The fraction of sp³-hybridized carbons (Fsp3) is 0.879. The number of rotatable bonds is 53. The van der Waals surface area contributed by atoms with Gasteiger partial charge in [-0.2, -0.15) is 0 Å². The normalized spacial score (nSPS) is 14.2. The van der Waals surface area contributed by atoms with Gasteiger partial charge in [0, 0.05) is 6.42 Å². The minimum absolute atomic E-state index is 0.0625. The van der Waals surface area contributed by atoms with Crippen molar-refractivity contribution in [3.63, 3.8) is 0 Å². The van der Waals surface area contributed by atoms with Gasteiger partial charge in [-0.1, -0.05) is 256 Å². The quantitative estimate of drug-likeness (QED) is 0.0243. The van der Waals surface area contributed by atoms with Gasteiger partial charge in [0.15, 0.2) is 0 Å². The highest BCUT2D eigenvalue weighted by Crippen LogP contribution is 2.43. The second-order valence-corrected chi connectivity index (χ2v) is 22.5. The number of hydrogen-bond acceptors (Lipinski definition) is 5. The molecular formula is C58H114N2O6P+. The molecule has 0 rings (SSSR count). The molecule has 0 heterocycles. The standard InChI is InChI=1S/C58H113N2O6P/c1-6-8-10-12-14-15-16-17-18-19-20-21-22-23-24-25-26-27-28-29-30-31-32-33-34-35-36-37-38-39-40-41-42-43-44-45-46-48-50-52-58(62)59-56(57(61)51-49-47-13-11-9-7-2)55-66-67(63,64)65-54-53-60(3,4)5/h16-17,19-20,49,51,56-57,61H,6-15,18,21-48,50,52-55H2,1-5H3,(H-,59,62,63,64)/p+1/b17-16-,20-19-,51-49+. The SMILES string of the molecule is CCCCCC/C=C/C(O)C(COP(=O)(O)OCC[N+](C)(C)C)NC(=O)CCCCCCCCCCCCCCCCCCCCCCCCCCCCC/C=C\C/C=C\CCCCCCC. The Morgan fingerprint density at radius 2 is 0.851 bits per heavy atom. The van der Waals surface area contributed by atoms with Crippen molar-refractivity contribution in [1.82, 2.24) is 5.32 Å². The molecule has 0 saturated heterocycles. The molecule has 8 nitrogen and oxygen atoms in total. The Labute approximate surface area is 417 Å². The van der Waals surface area contributed by atoms with E-state index in [0.717, 1.165) is 51.4 Å². The molecule has 1 amide bonds. The molecule has 3 atom stereocenters. The van der Waals surface area contributed by atoms with Crippen LogP contribution in [0.5, 0.6) is 0 Å². The van der Waals surface area contributed by atoms with E-state index in [1.165, 1.54) is 205 Å². The zero-order valence-corrected chi connectivity index (χ0v) is 46.0. The van der Waals surface area contributed by atoms with E-state index in [1.807, 2.05) is 27.2 Å². The second-order valence-electron chi connectivity index (χ2n) is 21.0. The van der Waals surface area contributed by atoms with Gasteiger partial charge in [0.25, 0.3) is 0 Å². The van der Waals surface area contributed by atoms with Crippen LogP contribution in [0.3, 0.4) is 0 Å². The van der Waals surface area contributed by atoms with E-state index in [-0.39, 0.29) is 19.1 Å². The van der Waals surface area contributed by atoms with Crippen LogP contribution < -0.4 is 5.32 Å². The number of allylic oxidation sites excluding steroid dienone is 5. The molecule has 0 spiro atoms.